The Morgan fingerprint density at radius 2 is 2.00 bits per heavy atom. The highest BCUT2D eigenvalue weighted by Gasteiger charge is 1.95. The Balaban J connectivity index is 2.29. The molecular formula is C10H12NO. The number of amides is 1. The SMILES string of the molecule is NC(=O)CC[CH]c1ccccc1. The van der Waals surface area contributed by atoms with E-state index in [1.54, 1.807) is 0 Å². The fourth-order valence-corrected chi connectivity index (χ4v) is 0.970. The molecule has 12 heavy (non-hydrogen) atoms. The number of hydrogen-bond donors (Lipinski definition) is 1. The number of benzene rings is 1. The highest BCUT2D eigenvalue weighted by molar-refractivity contribution is 5.73. The average molecular weight is 162 g/mol. The number of hydrogen-bond acceptors (Lipinski definition) is 1. The van der Waals surface area contributed by atoms with Crippen molar-refractivity contribution < 1.29 is 4.79 Å². The van der Waals surface area contributed by atoms with Gasteiger partial charge in [0.1, 0.15) is 0 Å². The highest BCUT2D eigenvalue weighted by Crippen LogP contribution is 2.05. The Morgan fingerprint density at radius 3 is 2.58 bits per heavy atom. The Labute approximate surface area is 72.4 Å². The minimum absolute atomic E-state index is 0.248. The Bertz CT molecular complexity index is 243. The molecule has 2 N–H and O–H groups in total. The van der Waals surface area contributed by atoms with Gasteiger partial charge in [-0.1, -0.05) is 30.3 Å². The fraction of sp³-hybridized carbons (Fsp3) is 0.200. The molecule has 2 heteroatoms. The highest BCUT2D eigenvalue weighted by atomic mass is 16.1. The van der Waals surface area contributed by atoms with Crippen LogP contribution in [0.5, 0.6) is 0 Å². The van der Waals surface area contributed by atoms with Crippen molar-refractivity contribution in [1.29, 1.82) is 0 Å². The number of carbonyl (C=O) groups is 1. The van der Waals surface area contributed by atoms with Crippen molar-refractivity contribution in [3.63, 3.8) is 0 Å². The van der Waals surface area contributed by atoms with Gasteiger partial charge in [-0.3, -0.25) is 4.79 Å². The third-order valence-electron chi connectivity index (χ3n) is 1.57. The van der Waals surface area contributed by atoms with E-state index in [1.807, 2.05) is 36.8 Å². The van der Waals surface area contributed by atoms with Crippen molar-refractivity contribution in [2.75, 3.05) is 0 Å². The van der Waals surface area contributed by atoms with Crippen LogP contribution in [0.2, 0.25) is 0 Å². The van der Waals surface area contributed by atoms with E-state index < -0.39 is 0 Å². The third kappa shape index (κ3) is 3.19. The van der Waals surface area contributed by atoms with Crippen molar-refractivity contribution in [3.8, 4) is 0 Å². The second kappa shape index (κ2) is 4.54. The smallest absolute Gasteiger partial charge is 0.217 e. The van der Waals surface area contributed by atoms with Gasteiger partial charge >= 0.3 is 0 Å². The van der Waals surface area contributed by atoms with E-state index in [9.17, 15) is 4.79 Å². The molecule has 0 bridgehead atoms. The summed E-state index contributed by atoms with van der Waals surface area (Å²) in [7, 11) is 0. The number of nitrogens with two attached hydrogens (primary N) is 1. The van der Waals surface area contributed by atoms with Crippen LogP contribution in [0.15, 0.2) is 30.3 Å². The molecule has 0 aliphatic rings. The molecule has 0 aliphatic heterocycles. The first-order valence-corrected chi connectivity index (χ1v) is 3.95. The van der Waals surface area contributed by atoms with E-state index in [1.165, 1.54) is 0 Å². The molecule has 2 nitrogen and oxygen atoms in total. The van der Waals surface area contributed by atoms with Crippen LogP contribution in [0, 0.1) is 6.42 Å². The number of rotatable bonds is 4. The molecule has 0 fully saturated rings. The molecule has 1 aromatic rings. The van der Waals surface area contributed by atoms with Gasteiger partial charge in [0.2, 0.25) is 5.91 Å². The molecule has 1 rings (SSSR count). The topological polar surface area (TPSA) is 43.1 Å². The first-order valence-electron chi connectivity index (χ1n) is 3.95. The minimum Gasteiger partial charge on any atom is -0.370 e. The summed E-state index contributed by atoms with van der Waals surface area (Å²) in [5, 5.41) is 0. The van der Waals surface area contributed by atoms with Crippen LogP contribution >= 0.6 is 0 Å². The van der Waals surface area contributed by atoms with E-state index in [0.29, 0.717) is 6.42 Å². The lowest BCUT2D eigenvalue weighted by molar-refractivity contribution is -0.117. The molecule has 0 heterocycles. The summed E-state index contributed by atoms with van der Waals surface area (Å²) in [4.78, 5) is 10.4. The maximum atomic E-state index is 10.4. The minimum atomic E-state index is -0.248. The molecule has 0 saturated heterocycles. The molecule has 0 aliphatic carbocycles. The molecular weight excluding hydrogens is 150 g/mol. The molecule has 1 amide bonds. The standard InChI is InChI=1S/C10H12NO/c11-10(12)8-4-7-9-5-2-1-3-6-9/h1-3,5-7H,4,8H2,(H2,11,12). The summed E-state index contributed by atoms with van der Waals surface area (Å²) in [6.07, 6.45) is 3.15. The predicted molar refractivity (Wildman–Crippen MR) is 48.3 cm³/mol. The van der Waals surface area contributed by atoms with Gasteiger partial charge in [0, 0.05) is 6.42 Å². The molecule has 0 saturated carbocycles. The second-order valence-corrected chi connectivity index (χ2v) is 2.62. The zero-order valence-electron chi connectivity index (χ0n) is 6.86. The van der Waals surface area contributed by atoms with E-state index in [2.05, 4.69) is 0 Å². The van der Waals surface area contributed by atoms with Crippen molar-refractivity contribution in [3.05, 3.63) is 42.3 Å². The van der Waals surface area contributed by atoms with Crippen LogP contribution in [-0.4, -0.2) is 5.91 Å². The van der Waals surface area contributed by atoms with Crippen molar-refractivity contribution in [1.82, 2.24) is 0 Å². The Hall–Kier alpha value is -1.31. The average Bonchev–Trinajstić information content (AvgIpc) is 2.05. The summed E-state index contributed by atoms with van der Waals surface area (Å²) >= 11 is 0. The number of carbonyl (C=O) groups excluding carboxylic acids is 1. The largest absolute Gasteiger partial charge is 0.370 e. The van der Waals surface area contributed by atoms with Crippen LogP contribution in [0.4, 0.5) is 0 Å². The van der Waals surface area contributed by atoms with Gasteiger partial charge in [0.15, 0.2) is 0 Å². The van der Waals surface area contributed by atoms with Crippen LogP contribution in [0.25, 0.3) is 0 Å². The molecule has 0 unspecified atom stereocenters. The Morgan fingerprint density at radius 1 is 1.33 bits per heavy atom. The van der Waals surface area contributed by atoms with Crippen LogP contribution in [0.1, 0.15) is 18.4 Å². The maximum Gasteiger partial charge on any atom is 0.217 e. The first kappa shape index (κ1) is 8.78. The summed E-state index contributed by atoms with van der Waals surface area (Å²) < 4.78 is 0. The van der Waals surface area contributed by atoms with Crippen molar-refractivity contribution in [2.24, 2.45) is 5.73 Å². The molecule has 0 spiro atoms. The molecule has 1 aromatic carbocycles. The third-order valence-corrected chi connectivity index (χ3v) is 1.57. The van der Waals surface area contributed by atoms with Gasteiger partial charge in [-0.2, -0.15) is 0 Å². The quantitative estimate of drug-likeness (QED) is 0.716. The summed E-state index contributed by atoms with van der Waals surface area (Å²) in [6.45, 7) is 0. The summed E-state index contributed by atoms with van der Waals surface area (Å²) in [6, 6.07) is 9.90. The lowest BCUT2D eigenvalue weighted by Gasteiger charge is -1.97. The van der Waals surface area contributed by atoms with Gasteiger partial charge in [-0.15, -0.1) is 0 Å². The van der Waals surface area contributed by atoms with Gasteiger partial charge in [-0.25, -0.2) is 0 Å². The monoisotopic (exact) mass is 162 g/mol. The molecule has 1 radical (unpaired) electrons. The lowest BCUT2D eigenvalue weighted by Crippen LogP contribution is -2.09. The van der Waals surface area contributed by atoms with E-state index in [0.717, 1.165) is 12.0 Å². The van der Waals surface area contributed by atoms with Gasteiger partial charge in [-0.05, 0) is 18.4 Å². The van der Waals surface area contributed by atoms with Gasteiger partial charge in [0.05, 0.1) is 0 Å². The summed E-state index contributed by atoms with van der Waals surface area (Å²) in [5.41, 5.74) is 6.14. The normalized spacial score (nSPS) is 9.67. The predicted octanol–water partition coefficient (Wildman–Crippen LogP) is 1.50. The molecule has 63 valence electrons. The van der Waals surface area contributed by atoms with Crippen molar-refractivity contribution in [2.45, 2.75) is 12.8 Å². The maximum absolute atomic E-state index is 10.4. The summed E-state index contributed by atoms with van der Waals surface area (Å²) in [5.74, 6) is -0.248. The fourth-order valence-electron chi connectivity index (χ4n) is 0.970. The zero-order valence-corrected chi connectivity index (χ0v) is 6.86. The van der Waals surface area contributed by atoms with Crippen molar-refractivity contribution >= 4 is 5.91 Å². The lowest BCUT2D eigenvalue weighted by atomic mass is 10.1. The Kier molecular flexibility index (Phi) is 3.33. The second-order valence-electron chi connectivity index (χ2n) is 2.62. The first-order chi connectivity index (χ1) is 5.79. The van der Waals surface area contributed by atoms with Gasteiger partial charge in [0.25, 0.3) is 0 Å². The van der Waals surface area contributed by atoms with Crippen LogP contribution in [-0.2, 0) is 4.79 Å². The number of primary amides is 1. The van der Waals surface area contributed by atoms with E-state index in [4.69, 9.17) is 5.73 Å². The van der Waals surface area contributed by atoms with Crippen LogP contribution in [0.3, 0.4) is 0 Å². The van der Waals surface area contributed by atoms with Crippen LogP contribution < -0.4 is 5.73 Å². The van der Waals surface area contributed by atoms with E-state index >= 15 is 0 Å². The zero-order chi connectivity index (χ0) is 8.81. The van der Waals surface area contributed by atoms with Gasteiger partial charge < -0.3 is 5.73 Å². The molecule has 0 aromatic heterocycles. The molecule has 0 atom stereocenters. The van der Waals surface area contributed by atoms with E-state index in [-0.39, 0.29) is 5.91 Å².